The van der Waals surface area contributed by atoms with Gasteiger partial charge in [-0.15, -0.1) is 34.0 Å². The molecule has 3 aliphatic rings. The number of nitrogens with zero attached hydrogens (tertiary/aromatic N) is 4. The Balaban J connectivity index is 1.22. The second-order valence-corrected chi connectivity index (χ2v) is 15.1. The Morgan fingerprint density at radius 1 is 0.729 bits per heavy atom. The van der Waals surface area contributed by atoms with E-state index in [0.717, 1.165) is 29.6 Å². The summed E-state index contributed by atoms with van der Waals surface area (Å²) in [5.41, 5.74) is 5.55. The average Bonchev–Trinajstić information content (AvgIpc) is 3.90. The Bertz CT molecular complexity index is 2640. The number of carbonyl (C=O) groups excluding carboxylic acids is 2. The van der Waals surface area contributed by atoms with Gasteiger partial charge in [0.1, 0.15) is 0 Å². The number of fused-ring (bicyclic) bond motifs is 7. The fourth-order valence-corrected chi connectivity index (χ4v) is 11.2. The Labute approximate surface area is 287 Å². The van der Waals surface area contributed by atoms with Crippen LogP contribution in [0.1, 0.15) is 66.6 Å². The van der Waals surface area contributed by atoms with Crippen LogP contribution in [0.5, 0.6) is 0 Å². The van der Waals surface area contributed by atoms with Gasteiger partial charge in [0.25, 0.3) is 11.4 Å². The molecule has 8 rings (SSSR count). The van der Waals surface area contributed by atoms with E-state index in [1.165, 1.54) is 10.4 Å². The van der Waals surface area contributed by atoms with E-state index < -0.39 is 0 Å². The zero-order chi connectivity index (χ0) is 33.5. The maximum atomic E-state index is 13.5. The van der Waals surface area contributed by atoms with Crippen molar-refractivity contribution < 1.29 is 9.59 Å². The maximum Gasteiger partial charge on any atom is 0.270 e. The molecule has 2 aromatic carbocycles. The summed E-state index contributed by atoms with van der Waals surface area (Å²) in [4.78, 5) is 37.9. The third kappa shape index (κ3) is 3.97. The van der Waals surface area contributed by atoms with Gasteiger partial charge >= 0.3 is 0 Å². The van der Waals surface area contributed by atoms with E-state index in [-0.39, 0.29) is 28.4 Å². The second-order valence-electron chi connectivity index (χ2n) is 11.9. The molecular formula is C39H18N4O2S3. The van der Waals surface area contributed by atoms with E-state index in [4.69, 9.17) is 13.1 Å². The van der Waals surface area contributed by atoms with Gasteiger partial charge in [0.05, 0.1) is 34.9 Å². The predicted octanol–water partition coefficient (Wildman–Crippen LogP) is 10.2. The van der Waals surface area contributed by atoms with E-state index in [0.29, 0.717) is 44.5 Å². The third-order valence-corrected chi connectivity index (χ3v) is 12.6. The lowest BCUT2D eigenvalue weighted by Gasteiger charge is -2.19. The molecule has 0 fully saturated rings. The summed E-state index contributed by atoms with van der Waals surface area (Å²) >= 11 is 4.88. The minimum absolute atomic E-state index is 0.0979. The normalized spacial score (nSPS) is 19.0. The predicted molar refractivity (Wildman–Crippen MR) is 191 cm³/mol. The van der Waals surface area contributed by atoms with Gasteiger partial charge in [-0.2, -0.15) is 0 Å². The lowest BCUT2D eigenvalue weighted by molar-refractivity contribution is 0.103. The van der Waals surface area contributed by atoms with Gasteiger partial charge in [-0.3, -0.25) is 9.59 Å². The average molecular weight is 671 g/mol. The van der Waals surface area contributed by atoms with Crippen molar-refractivity contribution in [3.05, 3.63) is 149 Å². The van der Waals surface area contributed by atoms with Crippen molar-refractivity contribution >= 4 is 78.3 Å². The van der Waals surface area contributed by atoms with Crippen molar-refractivity contribution in [2.45, 2.75) is 19.3 Å². The molecule has 0 saturated heterocycles. The molecule has 6 nitrogen and oxygen atoms in total. The quantitative estimate of drug-likeness (QED) is 0.106. The number of rotatable bonds is 2. The SMILES string of the molecule is [C-]#[N+]C(C#N)=C1/C(=C/c2cc3sc4c(c3s2)C(C)(C)c2cc(/C=C3\C(=O)c5ccccc5\C3=C(\C#N)[N+]#[C-])sc2-4)C(=O)c2ccccc21. The molecule has 9 heteroatoms. The van der Waals surface area contributed by atoms with Crippen LogP contribution in [0.2, 0.25) is 0 Å². The minimum atomic E-state index is -0.344. The number of allylic oxidation sites excluding steroid dienone is 6. The lowest BCUT2D eigenvalue weighted by atomic mass is 9.84. The van der Waals surface area contributed by atoms with E-state index >= 15 is 0 Å². The summed E-state index contributed by atoms with van der Waals surface area (Å²) in [6, 6.07) is 22.3. The Kier molecular flexibility index (Phi) is 6.47. The summed E-state index contributed by atoms with van der Waals surface area (Å²) in [7, 11) is 0. The standard InChI is InChI=1S/C39H18N4O2S3/c1-39(2)27-15-19(13-25-31(28(17-40)42-3)21-9-5-7-11-23(21)34(25)44)46-36(27)38-33(39)37-30(48-38)16-20(47-37)14-26-32(29(18-41)43-4)22-10-6-8-12-24(22)35(26)45/h5-16H,1-2H3/b25-13-,26-14-,31-28+,32-29?. The van der Waals surface area contributed by atoms with Crippen molar-refractivity contribution in [1.82, 2.24) is 0 Å². The van der Waals surface area contributed by atoms with Gasteiger partial charge in [-0.25, -0.2) is 20.2 Å². The molecular weight excluding hydrogens is 653 g/mol. The van der Waals surface area contributed by atoms with Crippen LogP contribution in [0.25, 0.3) is 52.1 Å². The van der Waals surface area contributed by atoms with E-state index in [2.05, 4.69) is 35.7 Å². The first-order chi connectivity index (χ1) is 23.2. The number of hydrogen-bond acceptors (Lipinski definition) is 7. The summed E-state index contributed by atoms with van der Waals surface area (Å²) in [6.07, 6.45) is 3.63. The van der Waals surface area contributed by atoms with E-state index in [1.54, 1.807) is 82.5 Å². The summed E-state index contributed by atoms with van der Waals surface area (Å²) in [5, 5.41) is 19.4. The lowest BCUT2D eigenvalue weighted by Crippen LogP contribution is -2.13. The van der Waals surface area contributed by atoms with Crippen LogP contribution < -0.4 is 0 Å². The first-order valence-corrected chi connectivity index (χ1v) is 17.1. The third-order valence-electron chi connectivity index (χ3n) is 9.03. The van der Waals surface area contributed by atoms with Crippen molar-refractivity contribution in [3.8, 4) is 21.9 Å². The highest BCUT2D eigenvalue weighted by atomic mass is 32.1. The van der Waals surface area contributed by atoms with Crippen molar-refractivity contribution in [3.63, 3.8) is 0 Å². The van der Waals surface area contributed by atoms with Crippen molar-refractivity contribution in [2.24, 2.45) is 0 Å². The molecule has 0 atom stereocenters. The zero-order valence-corrected chi connectivity index (χ0v) is 27.7. The summed E-state index contributed by atoms with van der Waals surface area (Å²) in [5.74, 6) is -0.382. The number of benzene rings is 2. The van der Waals surface area contributed by atoms with Crippen LogP contribution in [-0.4, -0.2) is 11.6 Å². The Morgan fingerprint density at radius 3 is 1.73 bits per heavy atom. The van der Waals surface area contributed by atoms with E-state index in [9.17, 15) is 20.1 Å². The largest absolute Gasteiger partial charge is 0.289 e. The highest BCUT2D eigenvalue weighted by molar-refractivity contribution is 7.32. The molecule has 224 valence electrons. The zero-order valence-electron chi connectivity index (χ0n) is 25.3. The molecule has 48 heavy (non-hydrogen) atoms. The Morgan fingerprint density at radius 2 is 1.23 bits per heavy atom. The topological polar surface area (TPSA) is 90.4 Å². The molecule has 0 saturated carbocycles. The first-order valence-electron chi connectivity index (χ1n) is 14.7. The highest BCUT2D eigenvalue weighted by Crippen LogP contribution is 2.60. The van der Waals surface area contributed by atoms with Crippen LogP contribution in [-0.2, 0) is 5.41 Å². The number of hydrogen-bond donors (Lipinski definition) is 0. The summed E-state index contributed by atoms with van der Waals surface area (Å²) in [6.45, 7) is 19.5. The van der Waals surface area contributed by atoms with E-state index in [1.807, 2.05) is 24.3 Å². The molecule has 0 bridgehead atoms. The van der Waals surface area contributed by atoms with Gasteiger partial charge in [0.2, 0.25) is 0 Å². The van der Waals surface area contributed by atoms with Crippen molar-refractivity contribution in [2.75, 3.05) is 0 Å². The second kappa shape index (κ2) is 10.5. The van der Waals surface area contributed by atoms with Crippen LogP contribution in [0.4, 0.5) is 0 Å². The molecule has 0 amide bonds. The molecule has 5 aromatic rings. The maximum absolute atomic E-state index is 13.5. The molecule has 0 radical (unpaired) electrons. The number of Topliss-reactive ketones (excluding diaryl/α,β-unsaturated/α-hetero) is 2. The Hall–Kier alpha value is -5.94. The van der Waals surface area contributed by atoms with Gasteiger partial charge in [0, 0.05) is 58.2 Å². The molecule has 3 aliphatic carbocycles. The van der Waals surface area contributed by atoms with Gasteiger partial charge in [-0.05, 0) is 46.5 Å². The molecule has 0 unspecified atom stereocenters. The van der Waals surface area contributed by atoms with Gasteiger partial charge < -0.3 is 0 Å². The van der Waals surface area contributed by atoms with Crippen molar-refractivity contribution in [1.29, 1.82) is 10.5 Å². The van der Waals surface area contributed by atoms with Crippen LogP contribution >= 0.6 is 34.0 Å². The minimum Gasteiger partial charge on any atom is -0.289 e. The number of nitriles is 2. The first kappa shape index (κ1) is 29.5. The van der Waals surface area contributed by atoms with Gasteiger partial charge in [-0.1, -0.05) is 62.4 Å². The monoisotopic (exact) mass is 670 g/mol. The summed E-state index contributed by atoms with van der Waals surface area (Å²) < 4.78 is 2.22. The highest BCUT2D eigenvalue weighted by Gasteiger charge is 2.42. The fraction of sp³-hybridized carbons (Fsp3) is 0.0769. The molecule has 0 spiro atoms. The smallest absolute Gasteiger partial charge is 0.270 e. The molecule has 0 aliphatic heterocycles. The molecule has 3 heterocycles. The number of thiophene rings is 3. The number of carbonyl (C=O) groups is 2. The van der Waals surface area contributed by atoms with Gasteiger partial charge in [0.15, 0.2) is 11.6 Å². The number of ketones is 2. The van der Waals surface area contributed by atoms with Crippen LogP contribution in [0.15, 0.2) is 83.2 Å². The molecule has 0 N–H and O–H groups in total. The van der Waals surface area contributed by atoms with Crippen LogP contribution in [0.3, 0.4) is 0 Å². The molecule has 3 aromatic heterocycles. The fourth-order valence-electron chi connectivity index (χ4n) is 6.90. The van der Waals surface area contributed by atoms with Crippen LogP contribution in [0, 0.1) is 35.8 Å².